The van der Waals surface area contributed by atoms with Crippen molar-refractivity contribution in [1.29, 1.82) is 0 Å². The molecular weight excluding hydrogens is 228 g/mol. The maximum Gasteiger partial charge on any atom is 0.316 e. The van der Waals surface area contributed by atoms with Gasteiger partial charge >= 0.3 is 6.03 Å². The van der Waals surface area contributed by atoms with E-state index in [0.717, 1.165) is 24.3 Å². The number of amides is 2. The highest BCUT2D eigenvalue weighted by Crippen LogP contribution is 2.46. The molecule has 0 aromatic rings. The first-order valence-electron chi connectivity index (χ1n) is 6.15. The van der Waals surface area contributed by atoms with Crippen LogP contribution in [0.1, 0.15) is 26.7 Å². The third-order valence-corrected chi connectivity index (χ3v) is 3.73. The minimum absolute atomic E-state index is 0.167. The van der Waals surface area contributed by atoms with E-state index in [0.29, 0.717) is 5.92 Å². The molecule has 0 saturated heterocycles. The van der Waals surface area contributed by atoms with Crippen LogP contribution in [0.2, 0.25) is 0 Å². The molecule has 2 amide bonds. The minimum atomic E-state index is -0.525. The quantitative estimate of drug-likeness (QED) is 0.788. The average Bonchev–Trinajstić information content (AvgIpc) is 2.26. The molecule has 0 bridgehead atoms. The van der Waals surface area contributed by atoms with Crippen LogP contribution < -0.4 is 11.1 Å². The third-order valence-electron chi connectivity index (χ3n) is 3.73. The summed E-state index contributed by atoms with van der Waals surface area (Å²) in [5.41, 5.74) is 7.28. The standard InChI is InChI=1S/C14H20N2O2/c1-14(2)8-11(18-3)7-9-6-10(16-13(15)17)4-5-12(9)14/h4,6-7,12H,5,8H2,1-3H3,(H3,15,16,17). The molecule has 3 N–H and O–H groups in total. The maximum absolute atomic E-state index is 10.9. The smallest absolute Gasteiger partial charge is 0.316 e. The Bertz CT molecular complexity index is 458. The summed E-state index contributed by atoms with van der Waals surface area (Å²) in [4.78, 5) is 10.9. The third kappa shape index (κ3) is 2.42. The van der Waals surface area contributed by atoms with Crippen LogP contribution in [0.3, 0.4) is 0 Å². The summed E-state index contributed by atoms with van der Waals surface area (Å²) in [6, 6.07) is -0.525. The van der Waals surface area contributed by atoms with Crippen molar-refractivity contribution in [3.63, 3.8) is 0 Å². The summed E-state index contributed by atoms with van der Waals surface area (Å²) in [7, 11) is 1.70. The van der Waals surface area contributed by atoms with E-state index in [1.54, 1.807) is 7.11 Å². The molecule has 0 aromatic carbocycles. The van der Waals surface area contributed by atoms with Crippen LogP contribution in [0.15, 0.2) is 35.3 Å². The number of hydrogen-bond donors (Lipinski definition) is 2. The normalized spacial score (nSPS) is 25.3. The number of rotatable bonds is 2. The number of carbonyl (C=O) groups is 1. The number of carbonyl (C=O) groups excluding carboxylic acids is 1. The number of fused-ring (bicyclic) bond motifs is 1. The highest BCUT2D eigenvalue weighted by atomic mass is 16.5. The molecule has 2 aliphatic carbocycles. The first kappa shape index (κ1) is 12.7. The number of allylic oxidation sites excluding steroid dienone is 5. The van der Waals surface area contributed by atoms with Crippen molar-refractivity contribution < 1.29 is 9.53 Å². The Labute approximate surface area is 108 Å². The van der Waals surface area contributed by atoms with Gasteiger partial charge in [0.2, 0.25) is 0 Å². The van der Waals surface area contributed by atoms with E-state index in [9.17, 15) is 4.79 Å². The van der Waals surface area contributed by atoms with Crippen molar-refractivity contribution in [2.45, 2.75) is 26.7 Å². The number of nitrogens with one attached hydrogen (secondary N) is 1. The van der Waals surface area contributed by atoms with Gasteiger partial charge in [-0.15, -0.1) is 0 Å². The summed E-state index contributed by atoms with van der Waals surface area (Å²) in [5, 5.41) is 2.63. The van der Waals surface area contributed by atoms with Gasteiger partial charge in [-0.3, -0.25) is 0 Å². The van der Waals surface area contributed by atoms with E-state index >= 15 is 0 Å². The summed E-state index contributed by atoms with van der Waals surface area (Å²) in [5.74, 6) is 1.46. The van der Waals surface area contributed by atoms with Crippen LogP contribution in [0, 0.1) is 11.3 Å². The van der Waals surface area contributed by atoms with Gasteiger partial charge < -0.3 is 15.8 Å². The molecule has 2 aliphatic rings. The van der Waals surface area contributed by atoms with Gasteiger partial charge in [-0.05, 0) is 35.5 Å². The Kier molecular flexibility index (Phi) is 3.20. The minimum Gasteiger partial charge on any atom is -0.501 e. The maximum atomic E-state index is 10.9. The molecule has 1 atom stereocenters. The molecule has 0 heterocycles. The fourth-order valence-electron chi connectivity index (χ4n) is 2.80. The Morgan fingerprint density at radius 3 is 2.83 bits per heavy atom. The van der Waals surface area contributed by atoms with Gasteiger partial charge in [0.25, 0.3) is 0 Å². The molecule has 4 heteroatoms. The predicted molar refractivity (Wildman–Crippen MR) is 70.5 cm³/mol. The van der Waals surface area contributed by atoms with Crippen LogP contribution in [0.4, 0.5) is 4.79 Å². The first-order valence-corrected chi connectivity index (χ1v) is 6.15. The van der Waals surface area contributed by atoms with Crippen LogP contribution in [-0.2, 0) is 4.74 Å². The second-order valence-electron chi connectivity index (χ2n) is 5.56. The van der Waals surface area contributed by atoms with Crippen molar-refractivity contribution in [1.82, 2.24) is 5.32 Å². The number of urea groups is 1. The van der Waals surface area contributed by atoms with E-state index in [2.05, 4.69) is 25.2 Å². The molecular formula is C14H20N2O2. The lowest BCUT2D eigenvalue weighted by atomic mass is 9.66. The van der Waals surface area contributed by atoms with Crippen molar-refractivity contribution in [3.8, 4) is 0 Å². The number of nitrogens with two attached hydrogens (primary N) is 1. The van der Waals surface area contributed by atoms with Gasteiger partial charge in [-0.1, -0.05) is 19.9 Å². The average molecular weight is 248 g/mol. The van der Waals surface area contributed by atoms with E-state index in [1.807, 2.05) is 12.2 Å². The van der Waals surface area contributed by atoms with Crippen LogP contribution in [-0.4, -0.2) is 13.1 Å². The molecule has 18 heavy (non-hydrogen) atoms. The lowest BCUT2D eigenvalue weighted by molar-refractivity contribution is 0.171. The SMILES string of the molecule is COC1=CC2=CC(NC(N)=O)=CCC2C(C)(C)C1. The number of primary amides is 1. The topological polar surface area (TPSA) is 64.3 Å². The zero-order chi connectivity index (χ0) is 13.3. The van der Waals surface area contributed by atoms with Crippen molar-refractivity contribution in [2.75, 3.05) is 7.11 Å². The monoisotopic (exact) mass is 248 g/mol. The molecule has 0 spiro atoms. The summed E-state index contributed by atoms with van der Waals surface area (Å²) in [6.07, 6.45) is 7.95. The van der Waals surface area contributed by atoms with Crippen molar-refractivity contribution in [2.24, 2.45) is 17.1 Å². The van der Waals surface area contributed by atoms with Gasteiger partial charge in [0.05, 0.1) is 12.9 Å². The van der Waals surface area contributed by atoms with Gasteiger partial charge in [0.1, 0.15) is 0 Å². The van der Waals surface area contributed by atoms with Crippen molar-refractivity contribution >= 4 is 6.03 Å². The summed E-state index contributed by atoms with van der Waals surface area (Å²) >= 11 is 0. The largest absolute Gasteiger partial charge is 0.501 e. The number of methoxy groups -OCH3 is 1. The Balaban J connectivity index is 2.30. The Morgan fingerprint density at radius 2 is 2.22 bits per heavy atom. The molecule has 0 saturated carbocycles. The highest BCUT2D eigenvalue weighted by Gasteiger charge is 2.37. The van der Waals surface area contributed by atoms with Crippen LogP contribution >= 0.6 is 0 Å². The molecule has 0 aliphatic heterocycles. The summed E-state index contributed by atoms with van der Waals surface area (Å²) in [6.45, 7) is 4.50. The van der Waals surface area contributed by atoms with Gasteiger partial charge in [-0.2, -0.15) is 0 Å². The first-order chi connectivity index (χ1) is 8.42. The molecule has 98 valence electrons. The molecule has 2 rings (SSSR count). The number of ether oxygens (including phenoxy) is 1. The predicted octanol–water partition coefficient (Wildman–Crippen LogP) is 2.45. The molecule has 0 fully saturated rings. The second kappa shape index (κ2) is 4.52. The van der Waals surface area contributed by atoms with Crippen LogP contribution in [0.5, 0.6) is 0 Å². The highest BCUT2D eigenvalue weighted by molar-refractivity contribution is 5.74. The van der Waals surface area contributed by atoms with E-state index in [4.69, 9.17) is 10.5 Å². The lowest BCUT2D eigenvalue weighted by Crippen LogP contribution is -2.33. The van der Waals surface area contributed by atoms with Crippen molar-refractivity contribution in [3.05, 3.63) is 35.3 Å². The van der Waals surface area contributed by atoms with E-state index in [1.165, 1.54) is 5.57 Å². The molecule has 1 unspecified atom stereocenters. The van der Waals surface area contributed by atoms with E-state index in [-0.39, 0.29) is 5.41 Å². The van der Waals surface area contributed by atoms with Gasteiger partial charge in [0, 0.05) is 12.1 Å². The Hall–Kier alpha value is -1.71. The van der Waals surface area contributed by atoms with Gasteiger partial charge in [-0.25, -0.2) is 4.79 Å². The van der Waals surface area contributed by atoms with Crippen LogP contribution in [0.25, 0.3) is 0 Å². The lowest BCUT2D eigenvalue weighted by Gasteiger charge is -2.40. The fraction of sp³-hybridized carbons (Fsp3) is 0.500. The zero-order valence-corrected chi connectivity index (χ0v) is 11.1. The van der Waals surface area contributed by atoms with E-state index < -0.39 is 6.03 Å². The molecule has 4 nitrogen and oxygen atoms in total. The molecule has 0 aromatic heterocycles. The molecule has 0 radical (unpaired) electrons. The Morgan fingerprint density at radius 1 is 1.50 bits per heavy atom. The second-order valence-corrected chi connectivity index (χ2v) is 5.56. The summed E-state index contributed by atoms with van der Waals surface area (Å²) < 4.78 is 5.38. The number of hydrogen-bond acceptors (Lipinski definition) is 2. The zero-order valence-electron chi connectivity index (χ0n) is 11.1. The van der Waals surface area contributed by atoms with Gasteiger partial charge in [0.15, 0.2) is 0 Å². The fourth-order valence-corrected chi connectivity index (χ4v) is 2.80.